The molecule has 2 aromatic carbocycles. The number of carbonyl (C=O) groups is 2. The van der Waals surface area contributed by atoms with Crippen LogP contribution >= 0.6 is 0 Å². The van der Waals surface area contributed by atoms with E-state index in [1.165, 1.54) is 0 Å². The molecule has 0 aromatic heterocycles. The van der Waals surface area contributed by atoms with Crippen molar-refractivity contribution in [2.24, 2.45) is 5.14 Å². The summed E-state index contributed by atoms with van der Waals surface area (Å²) in [4.78, 5) is 23.6. The van der Waals surface area contributed by atoms with E-state index in [-0.39, 0.29) is 5.92 Å². The first-order valence-electron chi connectivity index (χ1n) is 7.98. The molecule has 0 fully saturated rings. The molecule has 0 heterocycles. The maximum absolute atomic E-state index is 13.8. The summed E-state index contributed by atoms with van der Waals surface area (Å²) in [5.41, 5.74) is 0.858. The summed E-state index contributed by atoms with van der Waals surface area (Å²) >= 11 is 0. The second-order valence-corrected chi connectivity index (χ2v) is 7.61. The number of sulfonamides is 1. The molecular formula is C18H19FN2O5S. The van der Waals surface area contributed by atoms with E-state index in [2.05, 4.69) is 5.32 Å². The third-order valence-corrected chi connectivity index (χ3v) is 4.59. The van der Waals surface area contributed by atoms with Crippen LogP contribution in [0.1, 0.15) is 35.7 Å². The monoisotopic (exact) mass is 394 g/mol. The van der Waals surface area contributed by atoms with Gasteiger partial charge in [0.2, 0.25) is 10.0 Å². The number of nitrogens with two attached hydrogens (primary N) is 1. The highest BCUT2D eigenvalue weighted by Gasteiger charge is 2.19. The SMILES string of the molecule is CC(C)c1ccccc1NC(=O)COC(=O)c1cc(S(N)(=O)=O)ccc1F. The molecular weight excluding hydrogens is 375 g/mol. The molecule has 9 heteroatoms. The van der Waals surface area contributed by atoms with Gasteiger partial charge in [-0.3, -0.25) is 4.79 Å². The van der Waals surface area contributed by atoms with Crippen LogP contribution in [0.25, 0.3) is 0 Å². The molecule has 0 aliphatic carbocycles. The van der Waals surface area contributed by atoms with Crippen LogP contribution in [0, 0.1) is 5.82 Å². The highest BCUT2D eigenvalue weighted by molar-refractivity contribution is 7.89. The van der Waals surface area contributed by atoms with Crippen LogP contribution in [0.2, 0.25) is 0 Å². The highest BCUT2D eigenvalue weighted by atomic mass is 32.2. The van der Waals surface area contributed by atoms with E-state index in [0.29, 0.717) is 5.69 Å². The lowest BCUT2D eigenvalue weighted by atomic mass is 10.0. The number of halogens is 1. The minimum absolute atomic E-state index is 0.166. The number of benzene rings is 2. The van der Waals surface area contributed by atoms with Gasteiger partial charge in [0.1, 0.15) is 5.82 Å². The normalized spacial score (nSPS) is 11.3. The molecule has 0 bridgehead atoms. The fourth-order valence-corrected chi connectivity index (χ4v) is 2.89. The molecule has 0 unspecified atom stereocenters. The third-order valence-electron chi connectivity index (χ3n) is 3.68. The summed E-state index contributed by atoms with van der Waals surface area (Å²) in [5.74, 6) is -2.61. The molecule has 0 saturated heterocycles. The van der Waals surface area contributed by atoms with Crippen LogP contribution < -0.4 is 10.5 Å². The number of amides is 1. The Morgan fingerprint density at radius 2 is 1.85 bits per heavy atom. The Kier molecular flexibility index (Phi) is 6.29. The predicted molar refractivity (Wildman–Crippen MR) is 97.2 cm³/mol. The van der Waals surface area contributed by atoms with Crippen molar-refractivity contribution in [2.75, 3.05) is 11.9 Å². The second kappa shape index (κ2) is 8.28. The number of primary sulfonamides is 1. The lowest BCUT2D eigenvalue weighted by molar-refractivity contribution is -0.119. The molecule has 27 heavy (non-hydrogen) atoms. The molecule has 2 rings (SSSR count). The van der Waals surface area contributed by atoms with Gasteiger partial charge in [-0.2, -0.15) is 0 Å². The van der Waals surface area contributed by atoms with Crippen molar-refractivity contribution in [2.45, 2.75) is 24.7 Å². The smallest absolute Gasteiger partial charge is 0.341 e. The number of ether oxygens (including phenoxy) is 1. The van der Waals surface area contributed by atoms with E-state index in [1.807, 2.05) is 26.0 Å². The molecule has 144 valence electrons. The molecule has 0 spiro atoms. The van der Waals surface area contributed by atoms with Gasteiger partial charge >= 0.3 is 5.97 Å². The fourth-order valence-electron chi connectivity index (χ4n) is 2.35. The van der Waals surface area contributed by atoms with Crippen LogP contribution in [0.3, 0.4) is 0 Å². The lowest BCUT2D eigenvalue weighted by Gasteiger charge is -2.13. The zero-order valence-corrected chi connectivity index (χ0v) is 15.5. The molecule has 0 atom stereocenters. The average molecular weight is 394 g/mol. The van der Waals surface area contributed by atoms with E-state index >= 15 is 0 Å². The number of hydrogen-bond donors (Lipinski definition) is 2. The summed E-state index contributed by atoms with van der Waals surface area (Å²) in [6, 6.07) is 9.64. The zero-order valence-electron chi connectivity index (χ0n) is 14.7. The number of esters is 1. The van der Waals surface area contributed by atoms with Crippen LogP contribution in [0.5, 0.6) is 0 Å². The fraction of sp³-hybridized carbons (Fsp3) is 0.222. The highest BCUT2D eigenvalue weighted by Crippen LogP contribution is 2.23. The van der Waals surface area contributed by atoms with E-state index < -0.39 is 44.8 Å². The zero-order chi connectivity index (χ0) is 20.2. The van der Waals surface area contributed by atoms with Crippen molar-refractivity contribution in [1.82, 2.24) is 0 Å². The van der Waals surface area contributed by atoms with E-state index in [4.69, 9.17) is 9.88 Å². The van der Waals surface area contributed by atoms with Crippen molar-refractivity contribution >= 4 is 27.6 Å². The van der Waals surface area contributed by atoms with Gasteiger partial charge < -0.3 is 10.1 Å². The molecule has 7 nitrogen and oxygen atoms in total. The summed E-state index contributed by atoms with van der Waals surface area (Å²) in [7, 11) is -4.11. The minimum Gasteiger partial charge on any atom is -0.452 e. The quantitative estimate of drug-likeness (QED) is 0.730. The first kappa shape index (κ1) is 20.5. The van der Waals surface area contributed by atoms with Gasteiger partial charge in [0.15, 0.2) is 6.61 Å². The van der Waals surface area contributed by atoms with Crippen LogP contribution in [0.4, 0.5) is 10.1 Å². The van der Waals surface area contributed by atoms with Crippen molar-refractivity contribution in [3.63, 3.8) is 0 Å². The third kappa shape index (κ3) is 5.35. The number of hydrogen-bond acceptors (Lipinski definition) is 5. The Morgan fingerprint density at radius 1 is 1.19 bits per heavy atom. The Morgan fingerprint density at radius 3 is 2.48 bits per heavy atom. The van der Waals surface area contributed by atoms with Crippen molar-refractivity contribution in [3.8, 4) is 0 Å². The molecule has 0 aliphatic rings. The van der Waals surface area contributed by atoms with Crippen molar-refractivity contribution in [1.29, 1.82) is 0 Å². The number of anilines is 1. The number of rotatable bonds is 6. The number of carbonyl (C=O) groups excluding carboxylic acids is 2. The molecule has 2 aromatic rings. The summed E-state index contributed by atoms with van der Waals surface area (Å²) in [6.45, 7) is 3.27. The number of para-hydroxylation sites is 1. The summed E-state index contributed by atoms with van der Waals surface area (Å²) in [5, 5.41) is 7.58. The van der Waals surface area contributed by atoms with E-state index in [1.54, 1.807) is 12.1 Å². The van der Waals surface area contributed by atoms with Gasteiger partial charge in [-0.1, -0.05) is 32.0 Å². The topological polar surface area (TPSA) is 116 Å². The van der Waals surface area contributed by atoms with Gasteiger partial charge in [0, 0.05) is 5.69 Å². The molecule has 3 N–H and O–H groups in total. The first-order chi connectivity index (χ1) is 12.6. The second-order valence-electron chi connectivity index (χ2n) is 6.05. The van der Waals surface area contributed by atoms with Gasteiger partial charge in [0.05, 0.1) is 10.5 Å². The van der Waals surface area contributed by atoms with Gasteiger partial charge in [-0.05, 0) is 35.7 Å². The van der Waals surface area contributed by atoms with Crippen LogP contribution in [0.15, 0.2) is 47.4 Å². The maximum Gasteiger partial charge on any atom is 0.341 e. The van der Waals surface area contributed by atoms with Gasteiger partial charge in [-0.15, -0.1) is 0 Å². The molecule has 0 aliphatic heterocycles. The van der Waals surface area contributed by atoms with Gasteiger partial charge in [0.25, 0.3) is 5.91 Å². The Bertz CT molecular complexity index is 973. The maximum atomic E-state index is 13.8. The van der Waals surface area contributed by atoms with E-state index in [0.717, 1.165) is 23.8 Å². The summed E-state index contributed by atoms with van der Waals surface area (Å²) < 4.78 is 41.2. The van der Waals surface area contributed by atoms with Crippen molar-refractivity contribution in [3.05, 3.63) is 59.4 Å². The molecule has 0 saturated carbocycles. The standard InChI is InChI=1S/C18H19FN2O5S/c1-11(2)13-5-3-4-6-16(13)21-17(22)10-26-18(23)14-9-12(27(20,24)25)7-8-15(14)19/h3-9,11H,10H2,1-2H3,(H,21,22)(H2,20,24,25). The van der Waals surface area contributed by atoms with Crippen LogP contribution in [-0.4, -0.2) is 26.9 Å². The largest absolute Gasteiger partial charge is 0.452 e. The van der Waals surface area contributed by atoms with E-state index in [9.17, 15) is 22.4 Å². The molecule has 0 radical (unpaired) electrons. The van der Waals surface area contributed by atoms with Crippen molar-refractivity contribution < 1.29 is 27.1 Å². The summed E-state index contributed by atoms with van der Waals surface area (Å²) in [6.07, 6.45) is 0. The minimum atomic E-state index is -4.11. The van der Waals surface area contributed by atoms with Crippen LogP contribution in [-0.2, 0) is 19.6 Å². The first-order valence-corrected chi connectivity index (χ1v) is 9.52. The predicted octanol–water partition coefficient (Wildman–Crippen LogP) is 2.39. The Labute approximate surface area is 156 Å². The van der Waals surface area contributed by atoms with Gasteiger partial charge in [-0.25, -0.2) is 22.7 Å². The molecule has 1 amide bonds. The Balaban J connectivity index is 2.07. The lowest BCUT2D eigenvalue weighted by Crippen LogP contribution is -2.22. The average Bonchev–Trinajstić information content (AvgIpc) is 2.59. The number of nitrogens with one attached hydrogen (secondary N) is 1. The Hall–Kier alpha value is -2.78.